The van der Waals surface area contributed by atoms with Crippen LogP contribution in [0.5, 0.6) is 0 Å². The summed E-state index contributed by atoms with van der Waals surface area (Å²) in [6.45, 7) is -0.139. The number of hydrogen-bond donors (Lipinski definition) is 1. The van der Waals surface area contributed by atoms with Crippen molar-refractivity contribution in [3.63, 3.8) is 0 Å². The molecular formula is C13H12F3N3O3. The van der Waals surface area contributed by atoms with E-state index >= 15 is 0 Å². The van der Waals surface area contributed by atoms with E-state index in [1.54, 1.807) is 0 Å². The van der Waals surface area contributed by atoms with Crippen molar-refractivity contribution < 1.29 is 23.2 Å². The van der Waals surface area contributed by atoms with E-state index < -0.39 is 22.8 Å². The van der Waals surface area contributed by atoms with Crippen LogP contribution in [-0.4, -0.2) is 25.9 Å². The molecular weight excluding hydrogens is 303 g/mol. The molecule has 0 bridgehead atoms. The molecule has 1 heterocycles. The summed E-state index contributed by atoms with van der Waals surface area (Å²) in [4.78, 5) is 9.87. The van der Waals surface area contributed by atoms with Gasteiger partial charge in [0.1, 0.15) is 12.4 Å². The molecule has 22 heavy (non-hydrogen) atoms. The first-order valence-electron chi connectivity index (χ1n) is 6.27. The number of halogens is 3. The van der Waals surface area contributed by atoms with E-state index in [0.29, 0.717) is 0 Å². The Morgan fingerprint density at radius 3 is 2.64 bits per heavy atom. The summed E-state index contributed by atoms with van der Waals surface area (Å²) in [5.74, 6) is 0. The van der Waals surface area contributed by atoms with Gasteiger partial charge in [-0.15, -0.1) is 0 Å². The molecule has 6 nitrogen and oxygen atoms in total. The maximum Gasteiger partial charge on any atom is 0.416 e. The summed E-state index contributed by atoms with van der Waals surface area (Å²) in [7, 11) is 0. The SMILES string of the molecule is O=[N+]([O-])c1cnn(C[C@H](O)Cc2ccccc2C(F)(F)F)c1. The Bertz CT molecular complexity index is 670. The van der Waals surface area contributed by atoms with E-state index in [1.807, 2.05) is 0 Å². The average molecular weight is 315 g/mol. The predicted molar refractivity (Wildman–Crippen MR) is 70.0 cm³/mol. The molecule has 0 saturated carbocycles. The van der Waals surface area contributed by atoms with Crippen LogP contribution in [0, 0.1) is 10.1 Å². The maximum absolute atomic E-state index is 12.8. The Labute approximate surface area is 122 Å². The van der Waals surface area contributed by atoms with Crippen molar-refractivity contribution in [3.8, 4) is 0 Å². The lowest BCUT2D eigenvalue weighted by molar-refractivity contribution is -0.385. The van der Waals surface area contributed by atoms with Crippen molar-refractivity contribution >= 4 is 5.69 Å². The number of aliphatic hydroxyl groups excluding tert-OH is 1. The van der Waals surface area contributed by atoms with E-state index in [4.69, 9.17) is 0 Å². The van der Waals surface area contributed by atoms with Crippen LogP contribution in [0.25, 0.3) is 0 Å². The van der Waals surface area contributed by atoms with Crippen LogP contribution in [0.3, 0.4) is 0 Å². The van der Waals surface area contributed by atoms with E-state index in [9.17, 15) is 28.4 Å². The Morgan fingerprint density at radius 1 is 1.36 bits per heavy atom. The smallest absolute Gasteiger partial charge is 0.391 e. The zero-order valence-electron chi connectivity index (χ0n) is 11.2. The molecule has 0 amide bonds. The molecule has 1 aromatic heterocycles. The first-order chi connectivity index (χ1) is 10.3. The zero-order chi connectivity index (χ0) is 16.3. The third-order valence-electron chi connectivity index (χ3n) is 3.01. The van der Waals surface area contributed by atoms with Crippen molar-refractivity contribution in [2.75, 3.05) is 0 Å². The number of nitro groups is 1. The van der Waals surface area contributed by atoms with Gasteiger partial charge >= 0.3 is 11.9 Å². The Morgan fingerprint density at radius 2 is 2.05 bits per heavy atom. The molecule has 118 valence electrons. The fourth-order valence-corrected chi connectivity index (χ4v) is 2.06. The van der Waals surface area contributed by atoms with E-state index in [-0.39, 0.29) is 24.2 Å². The Hall–Kier alpha value is -2.42. The first-order valence-corrected chi connectivity index (χ1v) is 6.27. The van der Waals surface area contributed by atoms with Crippen molar-refractivity contribution in [2.45, 2.75) is 25.2 Å². The summed E-state index contributed by atoms with van der Waals surface area (Å²) in [5, 5.41) is 24.1. The molecule has 0 aliphatic rings. The lowest BCUT2D eigenvalue weighted by Crippen LogP contribution is -2.21. The predicted octanol–water partition coefficient (Wildman–Crippen LogP) is 2.41. The molecule has 0 radical (unpaired) electrons. The topological polar surface area (TPSA) is 81.2 Å². The van der Waals surface area contributed by atoms with E-state index in [2.05, 4.69) is 5.10 Å². The van der Waals surface area contributed by atoms with Crippen LogP contribution < -0.4 is 0 Å². The molecule has 0 unspecified atom stereocenters. The van der Waals surface area contributed by atoms with Crippen molar-refractivity contribution in [1.29, 1.82) is 0 Å². The molecule has 1 aromatic carbocycles. The molecule has 0 aliphatic carbocycles. The normalized spacial score (nSPS) is 13.1. The van der Waals surface area contributed by atoms with Gasteiger partial charge in [-0.1, -0.05) is 18.2 Å². The second kappa shape index (κ2) is 6.14. The number of nitrogens with zero attached hydrogens (tertiary/aromatic N) is 3. The van der Waals surface area contributed by atoms with Crippen LogP contribution in [-0.2, 0) is 19.1 Å². The summed E-state index contributed by atoms with van der Waals surface area (Å²) < 4.78 is 39.7. The van der Waals surface area contributed by atoms with Gasteiger partial charge in [0.25, 0.3) is 0 Å². The maximum atomic E-state index is 12.8. The van der Waals surface area contributed by atoms with Crippen LogP contribution in [0.15, 0.2) is 36.7 Å². The molecule has 1 N–H and O–H groups in total. The van der Waals surface area contributed by atoms with Gasteiger partial charge < -0.3 is 5.11 Å². The lowest BCUT2D eigenvalue weighted by Gasteiger charge is -2.15. The second-order valence-corrected chi connectivity index (χ2v) is 4.69. The quantitative estimate of drug-likeness (QED) is 0.678. The number of hydrogen-bond acceptors (Lipinski definition) is 4. The van der Waals surface area contributed by atoms with Gasteiger partial charge in [-0.25, -0.2) is 0 Å². The molecule has 9 heteroatoms. The van der Waals surface area contributed by atoms with Crippen LogP contribution in [0.4, 0.5) is 18.9 Å². The van der Waals surface area contributed by atoms with Crippen LogP contribution >= 0.6 is 0 Å². The molecule has 0 spiro atoms. The summed E-state index contributed by atoms with van der Waals surface area (Å²) in [6, 6.07) is 4.96. The lowest BCUT2D eigenvalue weighted by atomic mass is 10.0. The largest absolute Gasteiger partial charge is 0.416 e. The van der Waals surface area contributed by atoms with Crippen molar-refractivity contribution in [3.05, 3.63) is 57.9 Å². The molecule has 1 atom stereocenters. The fraction of sp³-hybridized carbons (Fsp3) is 0.308. The molecule has 0 saturated heterocycles. The van der Waals surface area contributed by atoms with Crippen LogP contribution in [0.2, 0.25) is 0 Å². The minimum atomic E-state index is -4.50. The Kier molecular flexibility index (Phi) is 4.45. The molecule has 2 rings (SSSR count). The number of aromatic nitrogens is 2. The fourth-order valence-electron chi connectivity index (χ4n) is 2.06. The minimum absolute atomic E-state index is 0.0378. The van der Waals surface area contributed by atoms with Gasteiger partial charge in [-0.3, -0.25) is 14.8 Å². The first kappa shape index (κ1) is 16.0. The molecule has 0 aliphatic heterocycles. The average Bonchev–Trinajstić information content (AvgIpc) is 2.86. The number of alkyl halides is 3. The van der Waals surface area contributed by atoms with Crippen molar-refractivity contribution in [2.24, 2.45) is 0 Å². The monoisotopic (exact) mass is 315 g/mol. The summed E-state index contributed by atoms with van der Waals surface area (Å²) in [6.07, 6.45) is -3.76. The van der Waals surface area contributed by atoms with Gasteiger partial charge in [0.15, 0.2) is 0 Å². The van der Waals surface area contributed by atoms with Gasteiger partial charge in [-0.05, 0) is 11.6 Å². The molecule has 0 fully saturated rings. The number of aliphatic hydroxyl groups is 1. The third kappa shape index (κ3) is 3.82. The number of rotatable bonds is 5. The molecule has 2 aromatic rings. The summed E-state index contributed by atoms with van der Waals surface area (Å²) >= 11 is 0. The Balaban J connectivity index is 2.09. The van der Waals surface area contributed by atoms with Gasteiger partial charge in [0, 0.05) is 6.42 Å². The highest BCUT2D eigenvalue weighted by molar-refractivity contribution is 5.30. The van der Waals surface area contributed by atoms with Crippen LogP contribution in [0.1, 0.15) is 11.1 Å². The van der Waals surface area contributed by atoms with E-state index in [0.717, 1.165) is 23.1 Å². The van der Waals surface area contributed by atoms with Gasteiger partial charge in [-0.2, -0.15) is 18.3 Å². The van der Waals surface area contributed by atoms with E-state index in [1.165, 1.54) is 18.2 Å². The highest BCUT2D eigenvalue weighted by Crippen LogP contribution is 2.32. The minimum Gasteiger partial charge on any atom is -0.391 e. The second-order valence-electron chi connectivity index (χ2n) is 4.69. The highest BCUT2D eigenvalue weighted by Gasteiger charge is 2.33. The number of benzene rings is 1. The highest BCUT2D eigenvalue weighted by atomic mass is 19.4. The third-order valence-corrected chi connectivity index (χ3v) is 3.01. The standard InChI is InChI=1S/C13H12F3N3O3/c14-13(15,16)12-4-2-1-3-9(12)5-11(20)8-18-7-10(6-17-18)19(21)22/h1-4,6-7,11,20H,5,8H2/t11-/m1/s1. The van der Waals surface area contributed by atoms with Gasteiger partial charge in [0.05, 0.1) is 23.1 Å². The van der Waals surface area contributed by atoms with Gasteiger partial charge in [0.2, 0.25) is 0 Å². The van der Waals surface area contributed by atoms with Crippen molar-refractivity contribution in [1.82, 2.24) is 9.78 Å². The summed E-state index contributed by atoms with van der Waals surface area (Å²) in [5.41, 5.74) is -1.09. The zero-order valence-corrected chi connectivity index (χ0v) is 11.2.